The molecule has 0 aromatic heterocycles. The van der Waals surface area contributed by atoms with Crippen molar-refractivity contribution in [2.75, 3.05) is 24.2 Å². The van der Waals surface area contributed by atoms with Gasteiger partial charge >= 0.3 is 6.03 Å². The molecule has 1 rings (SSSR count). The molecule has 2 N–H and O–H groups in total. The van der Waals surface area contributed by atoms with Crippen LogP contribution in [0.5, 0.6) is 0 Å². The highest BCUT2D eigenvalue weighted by Gasteiger charge is 2.12. The number of carbonyl (C=O) groups excluding carboxylic acids is 1. The van der Waals surface area contributed by atoms with Gasteiger partial charge in [-0.2, -0.15) is 0 Å². The Bertz CT molecular complexity index is 410. The molecule has 5 heteroatoms. The Morgan fingerprint density at radius 2 is 2.17 bits per heavy atom. The third-order valence-corrected chi connectivity index (χ3v) is 3.58. The van der Waals surface area contributed by atoms with Crippen molar-refractivity contribution in [2.45, 2.75) is 20.8 Å². The summed E-state index contributed by atoms with van der Waals surface area (Å²) >= 11 is 1.33. The predicted octanol–water partition coefficient (Wildman–Crippen LogP) is 2.80. The maximum atomic E-state index is 12.0. The van der Waals surface area contributed by atoms with Crippen LogP contribution in [0.3, 0.4) is 0 Å². The lowest BCUT2D eigenvalue weighted by Crippen LogP contribution is -2.30. The van der Waals surface area contributed by atoms with Gasteiger partial charge in [0, 0.05) is 18.0 Å². The summed E-state index contributed by atoms with van der Waals surface area (Å²) in [5, 5.41) is 11.7. The quantitative estimate of drug-likeness (QED) is 0.807. The topological polar surface area (TPSA) is 52.6 Å². The minimum absolute atomic E-state index is 0.0675. The fourth-order valence-corrected chi connectivity index (χ4v) is 2.22. The number of carbonyl (C=O) groups is 1. The van der Waals surface area contributed by atoms with E-state index in [9.17, 15) is 4.79 Å². The van der Waals surface area contributed by atoms with E-state index in [4.69, 9.17) is 5.11 Å². The average molecular weight is 268 g/mol. The van der Waals surface area contributed by atoms with E-state index >= 15 is 0 Å². The molecule has 0 saturated heterocycles. The number of amides is 2. The number of anilines is 1. The lowest BCUT2D eigenvalue weighted by atomic mass is 10.1. The van der Waals surface area contributed by atoms with Gasteiger partial charge in [-0.05, 0) is 44.3 Å². The first kappa shape index (κ1) is 14.9. The SMILES string of the molecule is CCN(SCCO)C(=O)Nc1ccc(C)cc1C. The summed E-state index contributed by atoms with van der Waals surface area (Å²) in [5.74, 6) is 0.522. The van der Waals surface area contributed by atoms with Crippen molar-refractivity contribution >= 4 is 23.7 Å². The lowest BCUT2D eigenvalue weighted by molar-refractivity contribution is 0.239. The molecule has 0 radical (unpaired) electrons. The Balaban J connectivity index is 2.67. The zero-order valence-electron chi connectivity index (χ0n) is 11.1. The molecule has 18 heavy (non-hydrogen) atoms. The van der Waals surface area contributed by atoms with Crippen LogP contribution in [0.1, 0.15) is 18.1 Å². The Morgan fingerprint density at radius 1 is 1.44 bits per heavy atom. The number of urea groups is 1. The van der Waals surface area contributed by atoms with Crippen LogP contribution in [-0.2, 0) is 0 Å². The van der Waals surface area contributed by atoms with Crippen LogP contribution in [-0.4, -0.2) is 34.3 Å². The molecule has 0 bridgehead atoms. The summed E-state index contributed by atoms with van der Waals surface area (Å²) in [5.41, 5.74) is 3.05. The van der Waals surface area contributed by atoms with E-state index in [1.54, 1.807) is 4.31 Å². The van der Waals surface area contributed by atoms with E-state index in [1.165, 1.54) is 17.5 Å². The maximum absolute atomic E-state index is 12.0. The third kappa shape index (κ3) is 4.23. The number of benzene rings is 1. The second kappa shape index (κ2) is 7.28. The summed E-state index contributed by atoms with van der Waals surface area (Å²) in [6.07, 6.45) is 0. The van der Waals surface area contributed by atoms with Crippen molar-refractivity contribution in [3.05, 3.63) is 29.3 Å². The van der Waals surface area contributed by atoms with Gasteiger partial charge in [0.2, 0.25) is 0 Å². The van der Waals surface area contributed by atoms with Crippen molar-refractivity contribution in [1.29, 1.82) is 0 Å². The Kier molecular flexibility index (Phi) is 6.01. The van der Waals surface area contributed by atoms with Gasteiger partial charge in [0.25, 0.3) is 0 Å². The molecule has 0 heterocycles. The summed E-state index contributed by atoms with van der Waals surface area (Å²) in [6.45, 7) is 6.57. The first-order valence-corrected chi connectivity index (χ1v) is 6.92. The Hall–Kier alpha value is -1.20. The van der Waals surface area contributed by atoms with Crippen LogP contribution in [0.4, 0.5) is 10.5 Å². The highest BCUT2D eigenvalue weighted by atomic mass is 32.2. The van der Waals surface area contributed by atoms with Crippen molar-refractivity contribution in [3.8, 4) is 0 Å². The van der Waals surface area contributed by atoms with Crippen molar-refractivity contribution in [3.63, 3.8) is 0 Å². The van der Waals surface area contributed by atoms with Gasteiger partial charge in [0.1, 0.15) is 0 Å². The minimum atomic E-state index is -0.150. The molecule has 100 valence electrons. The van der Waals surface area contributed by atoms with Gasteiger partial charge in [-0.15, -0.1) is 0 Å². The number of aryl methyl sites for hydroxylation is 2. The summed E-state index contributed by atoms with van der Waals surface area (Å²) < 4.78 is 1.61. The highest BCUT2D eigenvalue weighted by molar-refractivity contribution is 7.97. The van der Waals surface area contributed by atoms with Crippen LogP contribution < -0.4 is 5.32 Å². The van der Waals surface area contributed by atoms with E-state index in [2.05, 4.69) is 5.32 Å². The van der Waals surface area contributed by atoms with Gasteiger partial charge in [-0.1, -0.05) is 17.7 Å². The molecular formula is C13H20N2O2S. The second-order valence-corrected chi connectivity index (χ2v) is 5.11. The fourth-order valence-electron chi connectivity index (χ4n) is 1.58. The Morgan fingerprint density at radius 3 is 2.72 bits per heavy atom. The zero-order chi connectivity index (χ0) is 13.5. The molecule has 1 aromatic carbocycles. The van der Waals surface area contributed by atoms with Gasteiger partial charge in [-0.25, -0.2) is 4.79 Å². The van der Waals surface area contributed by atoms with Gasteiger partial charge in [0.15, 0.2) is 0 Å². The van der Waals surface area contributed by atoms with Crippen LogP contribution in [0.2, 0.25) is 0 Å². The van der Waals surface area contributed by atoms with Gasteiger partial charge < -0.3 is 10.4 Å². The smallest absolute Gasteiger partial charge is 0.331 e. The van der Waals surface area contributed by atoms with Gasteiger partial charge in [-0.3, -0.25) is 4.31 Å². The summed E-state index contributed by atoms with van der Waals surface area (Å²) in [7, 11) is 0. The normalized spacial score (nSPS) is 10.2. The molecular weight excluding hydrogens is 248 g/mol. The van der Waals surface area contributed by atoms with E-state index in [-0.39, 0.29) is 12.6 Å². The first-order chi connectivity index (χ1) is 8.58. The number of hydrogen-bond donors (Lipinski definition) is 2. The maximum Gasteiger partial charge on any atom is 0.331 e. The van der Waals surface area contributed by atoms with E-state index in [0.29, 0.717) is 12.3 Å². The standard InChI is InChI=1S/C13H20N2O2S/c1-4-15(18-8-7-16)13(17)14-12-6-5-10(2)9-11(12)3/h5-6,9,16H,4,7-8H2,1-3H3,(H,14,17). The molecule has 1 aromatic rings. The first-order valence-electron chi connectivity index (χ1n) is 5.98. The van der Waals surface area contributed by atoms with Gasteiger partial charge in [0.05, 0.1) is 6.61 Å². The number of nitrogens with zero attached hydrogens (tertiary/aromatic N) is 1. The fraction of sp³-hybridized carbons (Fsp3) is 0.462. The molecule has 0 fully saturated rings. The summed E-state index contributed by atoms with van der Waals surface area (Å²) in [4.78, 5) is 12.0. The monoisotopic (exact) mass is 268 g/mol. The lowest BCUT2D eigenvalue weighted by Gasteiger charge is -2.20. The summed E-state index contributed by atoms with van der Waals surface area (Å²) in [6, 6.07) is 5.77. The van der Waals surface area contributed by atoms with Crippen molar-refractivity contribution < 1.29 is 9.90 Å². The van der Waals surface area contributed by atoms with Crippen LogP contribution >= 0.6 is 11.9 Å². The van der Waals surface area contributed by atoms with E-state index in [0.717, 1.165) is 11.3 Å². The number of aliphatic hydroxyl groups is 1. The zero-order valence-corrected chi connectivity index (χ0v) is 11.9. The molecule has 0 aliphatic carbocycles. The van der Waals surface area contributed by atoms with Crippen molar-refractivity contribution in [1.82, 2.24) is 4.31 Å². The molecule has 0 spiro atoms. The minimum Gasteiger partial charge on any atom is -0.395 e. The third-order valence-electron chi connectivity index (χ3n) is 2.48. The molecule has 0 saturated carbocycles. The largest absolute Gasteiger partial charge is 0.395 e. The van der Waals surface area contributed by atoms with Crippen molar-refractivity contribution in [2.24, 2.45) is 0 Å². The second-order valence-electron chi connectivity index (χ2n) is 4.00. The average Bonchev–Trinajstić information content (AvgIpc) is 2.34. The molecule has 0 aliphatic rings. The number of hydrogen-bond acceptors (Lipinski definition) is 3. The highest BCUT2D eigenvalue weighted by Crippen LogP contribution is 2.18. The van der Waals surface area contributed by atoms with E-state index < -0.39 is 0 Å². The van der Waals surface area contributed by atoms with Crippen LogP contribution in [0.25, 0.3) is 0 Å². The molecule has 0 aliphatic heterocycles. The number of nitrogens with one attached hydrogen (secondary N) is 1. The molecule has 0 atom stereocenters. The Labute approximate surface area is 113 Å². The van der Waals surface area contributed by atoms with Crippen LogP contribution in [0, 0.1) is 13.8 Å². The van der Waals surface area contributed by atoms with E-state index in [1.807, 2.05) is 39.0 Å². The molecule has 2 amide bonds. The van der Waals surface area contributed by atoms with Crippen LogP contribution in [0.15, 0.2) is 18.2 Å². The number of rotatable bonds is 5. The molecule has 0 unspecified atom stereocenters. The molecule has 4 nitrogen and oxygen atoms in total. The number of aliphatic hydroxyl groups excluding tert-OH is 1. The predicted molar refractivity (Wildman–Crippen MR) is 76.9 cm³/mol.